The second kappa shape index (κ2) is 9.61. The molecule has 4 nitrogen and oxygen atoms in total. The van der Waals surface area contributed by atoms with Gasteiger partial charge in [-0.2, -0.15) is 0 Å². The number of hydrogen-bond donors (Lipinski definition) is 0. The van der Waals surface area contributed by atoms with Crippen molar-refractivity contribution in [3.8, 4) is 11.4 Å². The molecule has 2 heterocycles. The number of benzene rings is 3. The van der Waals surface area contributed by atoms with Crippen LogP contribution in [0.4, 0.5) is 0 Å². The molecule has 7 heteroatoms. The molecule has 3 aromatic carbocycles. The number of halogens is 3. The summed E-state index contributed by atoms with van der Waals surface area (Å²) in [6.07, 6.45) is 2.12. The Morgan fingerprint density at radius 2 is 1.59 bits per heavy atom. The SMILES string of the molecule is CC1CCN(C(=O)c2ccc(-c3nc4cc(Cl)c(Cl)cc4n3Cc3ccc(Cl)cc3)cc2)CC1. The van der Waals surface area contributed by atoms with Gasteiger partial charge in [0.1, 0.15) is 5.82 Å². The Hall–Kier alpha value is -2.53. The van der Waals surface area contributed by atoms with Crippen LogP contribution in [0.15, 0.2) is 60.7 Å². The largest absolute Gasteiger partial charge is 0.339 e. The molecule has 0 atom stereocenters. The lowest BCUT2D eigenvalue weighted by atomic mass is 9.98. The van der Waals surface area contributed by atoms with Crippen molar-refractivity contribution in [1.29, 1.82) is 0 Å². The third-order valence-corrected chi connectivity index (χ3v) is 7.48. The fourth-order valence-corrected chi connectivity index (χ4v) is 4.87. The van der Waals surface area contributed by atoms with Gasteiger partial charge in [0.15, 0.2) is 0 Å². The van der Waals surface area contributed by atoms with Crippen molar-refractivity contribution in [2.75, 3.05) is 13.1 Å². The van der Waals surface area contributed by atoms with Crippen molar-refractivity contribution in [3.05, 3.63) is 86.9 Å². The minimum Gasteiger partial charge on any atom is -0.339 e. The van der Waals surface area contributed by atoms with E-state index >= 15 is 0 Å². The Morgan fingerprint density at radius 1 is 0.941 bits per heavy atom. The highest BCUT2D eigenvalue weighted by molar-refractivity contribution is 6.42. The third kappa shape index (κ3) is 4.68. The Labute approximate surface area is 214 Å². The number of imidazole rings is 1. The summed E-state index contributed by atoms with van der Waals surface area (Å²) in [7, 11) is 0. The third-order valence-electron chi connectivity index (χ3n) is 6.51. The molecule has 1 aliphatic heterocycles. The van der Waals surface area contributed by atoms with Crippen LogP contribution < -0.4 is 0 Å². The molecule has 4 aromatic rings. The Morgan fingerprint density at radius 3 is 2.26 bits per heavy atom. The maximum atomic E-state index is 13.0. The minimum atomic E-state index is 0.0895. The molecule has 0 unspecified atom stereocenters. The maximum absolute atomic E-state index is 13.0. The molecule has 0 spiro atoms. The van der Waals surface area contributed by atoms with Crippen LogP contribution in [0.5, 0.6) is 0 Å². The van der Waals surface area contributed by atoms with Crippen molar-refractivity contribution in [1.82, 2.24) is 14.5 Å². The number of carbonyl (C=O) groups is 1. The molecular formula is C27H24Cl3N3O. The lowest BCUT2D eigenvalue weighted by Crippen LogP contribution is -2.37. The normalized spacial score (nSPS) is 14.6. The first-order valence-electron chi connectivity index (χ1n) is 11.4. The van der Waals surface area contributed by atoms with E-state index in [1.807, 2.05) is 59.5 Å². The van der Waals surface area contributed by atoms with Crippen LogP contribution in [-0.4, -0.2) is 33.4 Å². The summed E-state index contributed by atoms with van der Waals surface area (Å²) >= 11 is 18.7. The predicted molar refractivity (Wildman–Crippen MR) is 140 cm³/mol. The van der Waals surface area contributed by atoms with E-state index in [2.05, 4.69) is 11.5 Å². The minimum absolute atomic E-state index is 0.0895. The topological polar surface area (TPSA) is 38.1 Å². The Balaban J connectivity index is 1.51. The number of amides is 1. The highest BCUT2D eigenvalue weighted by Crippen LogP contribution is 2.32. The number of likely N-dealkylation sites (tertiary alicyclic amines) is 1. The summed E-state index contributed by atoms with van der Waals surface area (Å²) < 4.78 is 2.11. The number of hydrogen-bond acceptors (Lipinski definition) is 2. The van der Waals surface area contributed by atoms with Crippen molar-refractivity contribution >= 4 is 51.7 Å². The summed E-state index contributed by atoms with van der Waals surface area (Å²) in [5.74, 6) is 1.56. The number of aromatic nitrogens is 2. The van der Waals surface area contributed by atoms with Gasteiger partial charge < -0.3 is 9.47 Å². The monoisotopic (exact) mass is 511 g/mol. The zero-order chi connectivity index (χ0) is 23.8. The van der Waals surface area contributed by atoms with Crippen LogP contribution in [0.25, 0.3) is 22.4 Å². The quantitative estimate of drug-likeness (QED) is 0.282. The molecule has 174 valence electrons. The summed E-state index contributed by atoms with van der Waals surface area (Å²) in [6, 6.07) is 19.1. The van der Waals surface area contributed by atoms with Crippen molar-refractivity contribution in [2.24, 2.45) is 5.92 Å². The van der Waals surface area contributed by atoms with Crippen LogP contribution in [0.3, 0.4) is 0 Å². The van der Waals surface area contributed by atoms with E-state index in [-0.39, 0.29) is 5.91 Å². The summed E-state index contributed by atoms with van der Waals surface area (Å²) in [6.45, 7) is 4.47. The van der Waals surface area contributed by atoms with Gasteiger partial charge in [-0.05, 0) is 60.7 Å². The number of carbonyl (C=O) groups excluding carboxylic acids is 1. The predicted octanol–water partition coefficient (Wildman–Crippen LogP) is 7.58. The fourth-order valence-electron chi connectivity index (χ4n) is 4.43. The van der Waals surface area contributed by atoms with Gasteiger partial charge >= 0.3 is 0 Å². The van der Waals surface area contributed by atoms with Crippen molar-refractivity contribution < 1.29 is 4.79 Å². The molecule has 1 fully saturated rings. The van der Waals surface area contributed by atoms with E-state index in [4.69, 9.17) is 39.8 Å². The fraction of sp³-hybridized carbons (Fsp3) is 0.259. The summed E-state index contributed by atoms with van der Waals surface area (Å²) in [5, 5.41) is 1.64. The molecule has 0 aliphatic carbocycles. The van der Waals surface area contributed by atoms with Gasteiger partial charge in [0.05, 0.1) is 21.1 Å². The first kappa shape index (κ1) is 23.2. The molecule has 0 saturated carbocycles. The molecule has 5 rings (SSSR count). The highest BCUT2D eigenvalue weighted by atomic mass is 35.5. The smallest absolute Gasteiger partial charge is 0.253 e. The summed E-state index contributed by atoms with van der Waals surface area (Å²) in [4.78, 5) is 19.8. The van der Waals surface area contributed by atoms with Crippen LogP contribution in [-0.2, 0) is 6.54 Å². The first-order chi connectivity index (χ1) is 16.4. The van der Waals surface area contributed by atoms with E-state index < -0.39 is 0 Å². The molecule has 0 radical (unpaired) electrons. The number of rotatable bonds is 4. The second-order valence-corrected chi connectivity index (χ2v) is 10.2. The maximum Gasteiger partial charge on any atom is 0.253 e. The number of nitrogens with zero attached hydrogens (tertiary/aromatic N) is 3. The first-order valence-corrected chi connectivity index (χ1v) is 12.5. The van der Waals surface area contributed by atoms with Gasteiger partial charge in [0, 0.05) is 35.8 Å². The molecule has 1 amide bonds. The van der Waals surface area contributed by atoms with Gasteiger partial charge in [-0.3, -0.25) is 4.79 Å². The van der Waals surface area contributed by atoms with E-state index in [9.17, 15) is 4.79 Å². The molecule has 0 bridgehead atoms. The molecule has 34 heavy (non-hydrogen) atoms. The highest BCUT2D eigenvalue weighted by Gasteiger charge is 2.22. The van der Waals surface area contributed by atoms with Crippen LogP contribution in [0, 0.1) is 5.92 Å². The molecule has 1 aromatic heterocycles. The molecule has 1 aliphatic rings. The van der Waals surface area contributed by atoms with Crippen LogP contribution in [0.1, 0.15) is 35.7 Å². The van der Waals surface area contributed by atoms with Gasteiger partial charge in [-0.1, -0.05) is 66.0 Å². The lowest BCUT2D eigenvalue weighted by molar-refractivity contribution is 0.0697. The average molecular weight is 513 g/mol. The Kier molecular flexibility index (Phi) is 6.57. The number of fused-ring (bicyclic) bond motifs is 1. The van der Waals surface area contributed by atoms with E-state index in [1.54, 1.807) is 6.07 Å². The summed E-state index contributed by atoms with van der Waals surface area (Å²) in [5.41, 5.74) is 4.36. The van der Waals surface area contributed by atoms with Gasteiger partial charge in [-0.25, -0.2) is 4.98 Å². The van der Waals surface area contributed by atoms with Crippen LogP contribution in [0.2, 0.25) is 15.1 Å². The van der Waals surface area contributed by atoms with E-state index in [0.717, 1.165) is 53.9 Å². The van der Waals surface area contributed by atoms with Crippen LogP contribution >= 0.6 is 34.8 Å². The number of piperidine rings is 1. The lowest BCUT2D eigenvalue weighted by Gasteiger charge is -2.30. The van der Waals surface area contributed by atoms with Crippen molar-refractivity contribution in [3.63, 3.8) is 0 Å². The molecule has 0 N–H and O–H groups in total. The molecular weight excluding hydrogens is 489 g/mol. The second-order valence-electron chi connectivity index (χ2n) is 8.96. The van der Waals surface area contributed by atoms with Crippen molar-refractivity contribution in [2.45, 2.75) is 26.3 Å². The van der Waals surface area contributed by atoms with Gasteiger partial charge in [0.2, 0.25) is 0 Å². The Bertz CT molecular complexity index is 1340. The van der Waals surface area contributed by atoms with E-state index in [0.29, 0.717) is 33.1 Å². The standard InChI is InChI=1S/C27H24Cl3N3O/c1-17-10-12-32(13-11-17)27(34)20-6-4-19(5-7-20)26-31-24-14-22(29)23(30)15-25(24)33(26)16-18-2-8-21(28)9-3-18/h2-9,14-15,17H,10-13,16H2,1H3. The zero-order valence-corrected chi connectivity index (χ0v) is 21.0. The van der Waals surface area contributed by atoms with Gasteiger partial charge in [-0.15, -0.1) is 0 Å². The average Bonchev–Trinajstić information content (AvgIpc) is 3.18. The van der Waals surface area contributed by atoms with Gasteiger partial charge in [0.25, 0.3) is 5.91 Å². The zero-order valence-electron chi connectivity index (χ0n) is 18.8. The van der Waals surface area contributed by atoms with E-state index in [1.165, 1.54) is 0 Å². The molecule has 1 saturated heterocycles.